The normalized spacial score (nSPS) is 19.2. The minimum atomic E-state index is -0.457. The first-order valence-electron chi connectivity index (χ1n) is 8.59. The van der Waals surface area contributed by atoms with Gasteiger partial charge in [-0.3, -0.25) is 19.9 Å². The molecule has 6 nitrogen and oxygen atoms in total. The van der Waals surface area contributed by atoms with Crippen molar-refractivity contribution in [2.75, 3.05) is 33.2 Å². The van der Waals surface area contributed by atoms with Gasteiger partial charge in [-0.25, -0.2) is 4.79 Å². The number of urea groups is 1. The summed E-state index contributed by atoms with van der Waals surface area (Å²) in [5.74, 6) is -0.259. The van der Waals surface area contributed by atoms with E-state index < -0.39 is 6.03 Å². The van der Waals surface area contributed by atoms with Gasteiger partial charge in [-0.05, 0) is 25.5 Å². The van der Waals surface area contributed by atoms with Gasteiger partial charge in [-0.15, -0.1) is 0 Å². The highest BCUT2D eigenvalue weighted by Crippen LogP contribution is 2.26. The number of hydrogen-bond donors (Lipinski definition) is 2. The molecule has 1 heterocycles. The molecule has 1 aromatic carbocycles. The van der Waals surface area contributed by atoms with Crippen LogP contribution in [-0.4, -0.2) is 61.0 Å². The molecule has 0 saturated carbocycles. The maximum Gasteiger partial charge on any atom is 0.321 e. The van der Waals surface area contributed by atoms with Crippen LogP contribution in [0, 0.1) is 0 Å². The Hall–Kier alpha value is -1.92. The fourth-order valence-electron chi connectivity index (χ4n) is 3.27. The summed E-state index contributed by atoms with van der Waals surface area (Å²) in [4.78, 5) is 27.8. The van der Waals surface area contributed by atoms with Crippen LogP contribution in [0.25, 0.3) is 0 Å². The zero-order valence-corrected chi connectivity index (χ0v) is 14.8. The maximum atomic E-state index is 11.9. The Balaban J connectivity index is 1.90. The van der Waals surface area contributed by atoms with Crippen LogP contribution in [0.3, 0.4) is 0 Å². The highest BCUT2D eigenvalue weighted by atomic mass is 16.2. The second-order valence-corrected chi connectivity index (χ2v) is 6.21. The summed E-state index contributed by atoms with van der Waals surface area (Å²) in [5.41, 5.74) is 1.32. The number of carbonyl (C=O) groups is 2. The Labute approximate surface area is 144 Å². The van der Waals surface area contributed by atoms with Crippen LogP contribution in [0.5, 0.6) is 0 Å². The third-order valence-electron chi connectivity index (χ3n) is 4.77. The number of rotatable bonds is 6. The van der Waals surface area contributed by atoms with E-state index in [9.17, 15) is 9.59 Å². The molecule has 2 atom stereocenters. The third-order valence-corrected chi connectivity index (χ3v) is 4.77. The topological polar surface area (TPSA) is 64.7 Å². The monoisotopic (exact) mass is 332 g/mol. The van der Waals surface area contributed by atoms with Crippen molar-refractivity contribution >= 4 is 11.9 Å². The largest absolute Gasteiger partial charge is 0.341 e. The molecule has 1 saturated heterocycles. The molecule has 132 valence electrons. The molecule has 24 heavy (non-hydrogen) atoms. The van der Waals surface area contributed by atoms with Crippen LogP contribution in [-0.2, 0) is 4.79 Å². The van der Waals surface area contributed by atoms with Gasteiger partial charge >= 0.3 is 6.03 Å². The lowest BCUT2D eigenvalue weighted by atomic mass is 10.1. The first-order valence-corrected chi connectivity index (χ1v) is 8.59. The summed E-state index contributed by atoms with van der Waals surface area (Å²) >= 11 is 0. The quantitative estimate of drug-likeness (QED) is 0.830. The van der Waals surface area contributed by atoms with Gasteiger partial charge in [0.2, 0.25) is 5.91 Å². The van der Waals surface area contributed by atoms with Crippen LogP contribution in [0.4, 0.5) is 4.79 Å². The molecule has 3 amide bonds. The first-order chi connectivity index (χ1) is 11.5. The molecule has 0 bridgehead atoms. The van der Waals surface area contributed by atoms with E-state index in [1.165, 1.54) is 12.6 Å². The van der Waals surface area contributed by atoms with Crippen LogP contribution in [0.1, 0.15) is 31.9 Å². The number of nitrogens with zero attached hydrogens (tertiary/aromatic N) is 2. The summed E-state index contributed by atoms with van der Waals surface area (Å²) in [7, 11) is 1.50. The third kappa shape index (κ3) is 4.79. The van der Waals surface area contributed by atoms with Crippen molar-refractivity contribution in [3.63, 3.8) is 0 Å². The molecule has 2 rings (SSSR count). The summed E-state index contributed by atoms with van der Waals surface area (Å²) in [6.07, 6.45) is 1.04. The average molecular weight is 332 g/mol. The number of benzene rings is 1. The predicted octanol–water partition coefficient (Wildman–Crippen LogP) is 1.60. The molecule has 1 fully saturated rings. The van der Waals surface area contributed by atoms with E-state index in [0.29, 0.717) is 12.1 Å². The number of likely N-dealkylation sites (tertiary alicyclic amines) is 1. The Kier molecular flexibility index (Phi) is 6.75. The Bertz CT molecular complexity index is 549. The van der Waals surface area contributed by atoms with Crippen molar-refractivity contribution < 1.29 is 9.59 Å². The van der Waals surface area contributed by atoms with Crippen LogP contribution in [0.2, 0.25) is 0 Å². The van der Waals surface area contributed by atoms with Gasteiger partial charge in [0.25, 0.3) is 0 Å². The van der Waals surface area contributed by atoms with Gasteiger partial charge in [-0.1, -0.05) is 37.3 Å². The molecular formula is C18H28N4O2. The fraction of sp³-hybridized carbons (Fsp3) is 0.556. The molecule has 0 spiro atoms. The number of amides is 3. The van der Waals surface area contributed by atoms with Crippen molar-refractivity contribution in [1.29, 1.82) is 0 Å². The van der Waals surface area contributed by atoms with Gasteiger partial charge in [0.15, 0.2) is 0 Å². The molecule has 1 aromatic rings. The molecule has 6 heteroatoms. The van der Waals surface area contributed by atoms with Gasteiger partial charge in [0.05, 0.1) is 6.54 Å². The van der Waals surface area contributed by atoms with Crippen LogP contribution in [0.15, 0.2) is 30.3 Å². The SMILES string of the molecule is CCN(CC(=O)NC(=O)NC)[C@@H]1CCN([C@@H](C)c2ccccc2)C1. The lowest BCUT2D eigenvalue weighted by molar-refractivity contribution is -0.121. The molecule has 1 aliphatic rings. The van der Waals surface area contributed by atoms with Gasteiger partial charge in [-0.2, -0.15) is 0 Å². The lowest BCUT2D eigenvalue weighted by Crippen LogP contribution is -2.47. The summed E-state index contributed by atoms with van der Waals surface area (Å²) in [6, 6.07) is 10.8. The molecule has 1 aliphatic heterocycles. The molecular weight excluding hydrogens is 304 g/mol. The number of hydrogen-bond acceptors (Lipinski definition) is 4. The van der Waals surface area contributed by atoms with Crippen LogP contribution >= 0.6 is 0 Å². The van der Waals surface area contributed by atoms with E-state index in [4.69, 9.17) is 0 Å². The Morgan fingerprint density at radius 1 is 1.33 bits per heavy atom. The van der Waals surface area contributed by atoms with Gasteiger partial charge in [0, 0.05) is 32.2 Å². The minimum absolute atomic E-state index is 0.252. The molecule has 0 unspecified atom stereocenters. The fourth-order valence-corrected chi connectivity index (χ4v) is 3.27. The minimum Gasteiger partial charge on any atom is -0.341 e. The molecule has 2 N–H and O–H groups in total. The van der Waals surface area contributed by atoms with E-state index >= 15 is 0 Å². The van der Waals surface area contributed by atoms with Crippen molar-refractivity contribution in [3.8, 4) is 0 Å². The molecule has 0 radical (unpaired) electrons. The van der Waals surface area contributed by atoms with Crippen LogP contribution < -0.4 is 10.6 Å². The predicted molar refractivity (Wildman–Crippen MR) is 94.7 cm³/mol. The second-order valence-electron chi connectivity index (χ2n) is 6.21. The number of nitrogens with one attached hydrogen (secondary N) is 2. The van der Waals surface area contributed by atoms with Gasteiger partial charge in [0.1, 0.15) is 0 Å². The number of imide groups is 1. The number of likely N-dealkylation sites (N-methyl/N-ethyl adjacent to an activating group) is 1. The molecule has 0 aliphatic carbocycles. The Morgan fingerprint density at radius 3 is 2.67 bits per heavy atom. The second kappa shape index (κ2) is 8.80. The van der Waals surface area contributed by atoms with Crippen molar-refractivity contribution in [3.05, 3.63) is 35.9 Å². The van der Waals surface area contributed by atoms with E-state index in [-0.39, 0.29) is 12.5 Å². The maximum absolute atomic E-state index is 11.9. The molecule has 0 aromatic heterocycles. The van der Waals surface area contributed by atoms with Crippen molar-refractivity contribution in [1.82, 2.24) is 20.4 Å². The summed E-state index contributed by atoms with van der Waals surface area (Å²) < 4.78 is 0. The van der Waals surface area contributed by atoms with E-state index in [1.807, 2.05) is 6.07 Å². The van der Waals surface area contributed by atoms with Crippen molar-refractivity contribution in [2.24, 2.45) is 0 Å². The standard InChI is InChI=1S/C18H28N4O2/c1-4-21(13-17(23)20-18(24)19-3)16-10-11-22(12-16)14(2)15-8-6-5-7-9-15/h5-9,14,16H,4,10-13H2,1-3H3,(H2,19,20,23,24)/t14-,16+/m0/s1. The zero-order valence-electron chi connectivity index (χ0n) is 14.8. The lowest BCUT2D eigenvalue weighted by Gasteiger charge is -2.29. The number of carbonyl (C=O) groups excluding carboxylic acids is 2. The Morgan fingerprint density at radius 2 is 2.04 bits per heavy atom. The average Bonchev–Trinajstić information content (AvgIpc) is 3.09. The van der Waals surface area contributed by atoms with Gasteiger partial charge < -0.3 is 5.32 Å². The highest BCUT2D eigenvalue weighted by Gasteiger charge is 2.30. The first kappa shape index (κ1) is 18.4. The van der Waals surface area contributed by atoms with Crippen molar-refractivity contribution in [2.45, 2.75) is 32.4 Å². The summed E-state index contributed by atoms with van der Waals surface area (Å²) in [5, 5.41) is 4.73. The van der Waals surface area contributed by atoms with E-state index in [0.717, 1.165) is 26.1 Å². The van der Waals surface area contributed by atoms with E-state index in [2.05, 4.69) is 58.5 Å². The zero-order chi connectivity index (χ0) is 17.5. The summed E-state index contributed by atoms with van der Waals surface area (Å²) in [6.45, 7) is 7.29. The smallest absolute Gasteiger partial charge is 0.321 e. The van der Waals surface area contributed by atoms with E-state index in [1.54, 1.807) is 0 Å². The highest BCUT2D eigenvalue weighted by molar-refractivity contribution is 5.95.